The van der Waals surface area contributed by atoms with E-state index in [0.29, 0.717) is 28.7 Å². The van der Waals surface area contributed by atoms with Crippen molar-refractivity contribution in [3.8, 4) is 5.75 Å². The van der Waals surface area contributed by atoms with Crippen molar-refractivity contribution in [1.82, 2.24) is 0 Å². The normalized spacial score (nSPS) is 11.1. The van der Waals surface area contributed by atoms with Crippen LogP contribution in [0.15, 0.2) is 42.5 Å². The molecule has 2 rings (SSSR count). The fourth-order valence-electron chi connectivity index (χ4n) is 2.33. The van der Waals surface area contributed by atoms with Crippen molar-refractivity contribution in [3.63, 3.8) is 0 Å². The smallest absolute Gasteiger partial charge is 0.262 e. The Bertz CT molecular complexity index is 883. The van der Waals surface area contributed by atoms with Crippen molar-refractivity contribution in [2.45, 2.75) is 13.8 Å². The Hall–Kier alpha value is -2.25. The summed E-state index contributed by atoms with van der Waals surface area (Å²) in [5, 5.41) is 3.28. The first-order chi connectivity index (χ1) is 12.2. The first-order valence-electron chi connectivity index (χ1n) is 7.97. The average Bonchev–Trinajstić information content (AvgIpc) is 2.57. The van der Waals surface area contributed by atoms with Crippen LogP contribution < -0.4 is 14.4 Å². The first kappa shape index (κ1) is 20.1. The maximum absolute atomic E-state index is 12.0. The van der Waals surface area contributed by atoms with Gasteiger partial charge in [-0.25, -0.2) is 8.42 Å². The molecule has 0 aliphatic carbocycles. The van der Waals surface area contributed by atoms with E-state index >= 15 is 0 Å². The molecule has 0 radical (unpaired) electrons. The Morgan fingerprint density at radius 2 is 1.85 bits per heavy atom. The molecule has 0 spiro atoms. The van der Waals surface area contributed by atoms with Gasteiger partial charge in [-0.3, -0.25) is 9.10 Å². The number of halogens is 1. The maximum Gasteiger partial charge on any atom is 0.262 e. The van der Waals surface area contributed by atoms with Crippen molar-refractivity contribution < 1.29 is 17.9 Å². The molecule has 140 valence electrons. The number of aryl methyl sites for hydroxylation is 1. The Morgan fingerprint density at radius 3 is 2.38 bits per heavy atom. The van der Waals surface area contributed by atoms with E-state index < -0.39 is 10.0 Å². The molecule has 0 saturated carbocycles. The zero-order valence-corrected chi connectivity index (χ0v) is 16.4. The largest absolute Gasteiger partial charge is 0.484 e. The van der Waals surface area contributed by atoms with E-state index in [9.17, 15) is 13.2 Å². The second kappa shape index (κ2) is 8.42. The van der Waals surface area contributed by atoms with E-state index in [1.807, 2.05) is 13.0 Å². The molecular formula is C18H21ClN2O4S. The van der Waals surface area contributed by atoms with Gasteiger partial charge in [0, 0.05) is 17.3 Å². The van der Waals surface area contributed by atoms with Crippen molar-refractivity contribution in [1.29, 1.82) is 0 Å². The van der Waals surface area contributed by atoms with Gasteiger partial charge in [0.25, 0.3) is 5.91 Å². The number of carbonyl (C=O) groups excluding carboxylic acids is 1. The molecule has 26 heavy (non-hydrogen) atoms. The number of benzene rings is 2. The van der Waals surface area contributed by atoms with Crippen LogP contribution in [0.2, 0.25) is 5.02 Å². The molecule has 0 saturated heterocycles. The monoisotopic (exact) mass is 396 g/mol. The number of anilines is 2. The summed E-state index contributed by atoms with van der Waals surface area (Å²) in [6.07, 6.45) is 1.16. The van der Waals surface area contributed by atoms with E-state index in [0.717, 1.165) is 11.8 Å². The molecule has 0 aliphatic rings. The molecule has 2 aromatic rings. The minimum Gasteiger partial charge on any atom is -0.484 e. The number of nitrogens with one attached hydrogen (secondary N) is 1. The van der Waals surface area contributed by atoms with Crippen LogP contribution in [0.25, 0.3) is 0 Å². The number of hydrogen-bond donors (Lipinski definition) is 1. The number of rotatable bonds is 7. The van der Waals surface area contributed by atoms with Gasteiger partial charge in [0.2, 0.25) is 10.0 Å². The highest BCUT2D eigenvalue weighted by atomic mass is 35.5. The van der Waals surface area contributed by atoms with Crippen molar-refractivity contribution in [3.05, 3.63) is 53.1 Å². The predicted octanol–water partition coefficient (Wildman–Crippen LogP) is 3.45. The topological polar surface area (TPSA) is 75.7 Å². The van der Waals surface area contributed by atoms with Crippen LogP contribution in [0.5, 0.6) is 5.75 Å². The zero-order chi connectivity index (χ0) is 19.3. The van der Waals surface area contributed by atoms with Crippen LogP contribution in [0.3, 0.4) is 0 Å². The van der Waals surface area contributed by atoms with Gasteiger partial charge in [0.15, 0.2) is 6.61 Å². The molecule has 8 heteroatoms. The number of carbonyl (C=O) groups is 1. The summed E-state index contributed by atoms with van der Waals surface area (Å²) >= 11 is 6.03. The van der Waals surface area contributed by atoms with Gasteiger partial charge >= 0.3 is 0 Å². The van der Waals surface area contributed by atoms with Gasteiger partial charge in [0.05, 0.1) is 11.9 Å². The van der Waals surface area contributed by atoms with Gasteiger partial charge in [-0.05, 0) is 55.8 Å². The van der Waals surface area contributed by atoms with Crippen molar-refractivity contribution in [2.24, 2.45) is 0 Å². The summed E-state index contributed by atoms with van der Waals surface area (Å²) in [5.74, 6) is 0.149. The van der Waals surface area contributed by atoms with Gasteiger partial charge in [-0.1, -0.05) is 17.7 Å². The third kappa shape index (κ3) is 5.37. The van der Waals surface area contributed by atoms with Gasteiger partial charge < -0.3 is 10.1 Å². The summed E-state index contributed by atoms with van der Waals surface area (Å²) in [7, 11) is -3.33. The number of hydrogen-bond acceptors (Lipinski definition) is 4. The lowest BCUT2D eigenvalue weighted by Gasteiger charge is -2.20. The summed E-state index contributed by atoms with van der Waals surface area (Å²) in [4.78, 5) is 12.0. The summed E-state index contributed by atoms with van der Waals surface area (Å²) in [6.45, 7) is 3.80. The van der Waals surface area contributed by atoms with Crippen LogP contribution in [0.4, 0.5) is 11.4 Å². The molecule has 0 bridgehead atoms. The molecule has 0 fully saturated rings. The number of sulfonamides is 1. The highest BCUT2D eigenvalue weighted by Gasteiger charge is 2.15. The quantitative estimate of drug-likeness (QED) is 0.777. The Kier molecular flexibility index (Phi) is 6.50. The van der Waals surface area contributed by atoms with Crippen LogP contribution in [0.1, 0.15) is 12.5 Å². The third-order valence-corrected chi connectivity index (χ3v) is 5.31. The minimum atomic E-state index is -3.33. The molecule has 6 nitrogen and oxygen atoms in total. The Labute approximate surface area is 158 Å². The molecule has 2 aromatic carbocycles. The van der Waals surface area contributed by atoms with Crippen LogP contribution in [0, 0.1) is 6.92 Å². The maximum atomic E-state index is 12.0. The number of nitrogens with zero attached hydrogens (tertiary/aromatic N) is 1. The summed E-state index contributed by atoms with van der Waals surface area (Å²) < 4.78 is 30.1. The van der Waals surface area contributed by atoms with Crippen LogP contribution in [-0.2, 0) is 14.8 Å². The SMILES string of the molecule is CCN(c1ccc(OCC(=O)Nc2ccc(C)c(Cl)c2)cc1)S(C)(=O)=O. The average molecular weight is 397 g/mol. The van der Waals surface area contributed by atoms with Crippen molar-refractivity contribution in [2.75, 3.05) is 29.0 Å². The predicted molar refractivity (Wildman–Crippen MR) is 105 cm³/mol. The highest BCUT2D eigenvalue weighted by molar-refractivity contribution is 7.92. The second-order valence-corrected chi connectivity index (χ2v) is 8.04. The Balaban J connectivity index is 1.95. The van der Waals surface area contributed by atoms with E-state index in [-0.39, 0.29) is 12.5 Å². The van der Waals surface area contributed by atoms with Crippen LogP contribution in [-0.4, -0.2) is 33.7 Å². The lowest BCUT2D eigenvalue weighted by molar-refractivity contribution is -0.118. The fourth-order valence-corrected chi connectivity index (χ4v) is 3.49. The minimum absolute atomic E-state index is 0.172. The molecule has 0 aliphatic heterocycles. The van der Waals surface area contributed by atoms with E-state index in [1.54, 1.807) is 43.3 Å². The highest BCUT2D eigenvalue weighted by Crippen LogP contribution is 2.22. The van der Waals surface area contributed by atoms with E-state index in [2.05, 4.69) is 5.32 Å². The van der Waals surface area contributed by atoms with Gasteiger partial charge in [-0.15, -0.1) is 0 Å². The number of ether oxygens (including phenoxy) is 1. The zero-order valence-electron chi connectivity index (χ0n) is 14.8. The first-order valence-corrected chi connectivity index (χ1v) is 10.2. The van der Waals surface area contributed by atoms with E-state index in [1.165, 1.54) is 4.31 Å². The molecule has 1 N–H and O–H groups in total. The second-order valence-electron chi connectivity index (χ2n) is 5.72. The van der Waals surface area contributed by atoms with Crippen LogP contribution >= 0.6 is 11.6 Å². The summed E-state index contributed by atoms with van der Waals surface area (Å²) in [6, 6.07) is 11.8. The third-order valence-electron chi connectivity index (χ3n) is 3.64. The molecular weight excluding hydrogens is 376 g/mol. The molecule has 0 atom stereocenters. The number of amides is 1. The fraction of sp³-hybridized carbons (Fsp3) is 0.278. The lowest BCUT2D eigenvalue weighted by Crippen LogP contribution is -2.29. The van der Waals surface area contributed by atoms with Gasteiger partial charge in [-0.2, -0.15) is 0 Å². The Morgan fingerprint density at radius 1 is 1.19 bits per heavy atom. The van der Waals surface area contributed by atoms with Crippen molar-refractivity contribution >= 4 is 38.9 Å². The molecule has 1 amide bonds. The molecule has 0 heterocycles. The molecule has 0 unspecified atom stereocenters. The lowest BCUT2D eigenvalue weighted by atomic mass is 10.2. The summed E-state index contributed by atoms with van der Waals surface area (Å²) in [5.41, 5.74) is 2.06. The standard InChI is InChI=1S/C18H21ClN2O4S/c1-4-21(26(3,23)24)15-7-9-16(10-8-15)25-12-18(22)20-14-6-5-13(2)17(19)11-14/h5-11H,4,12H2,1-3H3,(H,20,22). The van der Waals surface area contributed by atoms with Gasteiger partial charge in [0.1, 0.15) is 5.75 Å². The van der Waals surface area contributed by atoms with E-state index in [4.69, 9.17) is 16.3 Å². The molecule has 0 aromatic heterocycles.